The van der Waals surface area contributed by atoms with Gasteiger partial charge >= 0.3 is 0 Å². The van der Waals surface area contributed by atoms with Crippen LogP contribution < -0.4 is 0 Å². The van der Waals surface area contributed by atoms with Gasteiger partial charge in [-0.2, -0.15) is 0 Å². The van der Waals surface area contributed by atoms with Crippen molar-refractivity contribution in [1.82, 2.24) is 19.9 Å². The van der Waals surface area contributed by atoms with Crippen LogP contribution in [-0.4, -0.2) is 38.8 Å². The van der Waals surface area contributed by atoms with Gasteiger partial charge in [-0.3, -0.25) is 4.79 Å². The highest BCUT2D eigenvalue weighted by Gasteiger charge is 2.23. The highest BCUT2D eigenvalue weighted by Crippen LogP contribution is 2.27. The molecule has 1 unspecified atom stereocenters. The van der Waals surface area contributed by atoms with Gasteiger partial charge in [0.1, 0.15) is 4.88 Å². The van der Waals surface area contributed by atoms with Crippen molar-refractivity contribution in [2.24, 2.45) is 5.92 Å². The van der Waals surface area contributed by atoms with Gasteiger partial charge in [-0.15, -0.1) is 11.3 Å². The van der Waals surface area contributed by atoms with E-state index in [4.69, 9.17) is 0 Å². The molecule has 0 N–H and O–H groups in total. The summed E-state index contributed by atoms with van der Waals surface area (Å²) in [6, 6.07) is 1.96. The Morgan fingerprint density at radius 2 is 1.91 bits per heavy atom. The summed E-state index contributed by atoms with van der Waals surface area (Å²) in [7, 11) is 1.85. The number of thiazole rings is 1. The number of aryl methyl sites for hydroxylation is 1. The van der Waals surface area contributed by atoms with Crippen LogP contribution in [0.15, 0.2) is 18.5 Å². The second-order valence-electron chi connectivity index (χ2n) is 5.90. The summed E-state index contributed by atoms with van der Waals surface area (Å²) in [6.07, 6.45) is 4.34. The summed E-state index contributed by atoms with van der Waals surface area (Å²) >= 11 is 1.36. The minimum atomic E-state index is 0.0188. The largest absolute Gasteiger partial charge is 0.338 e. The fourth-order valence-electron chi connectivity index (χ4n) is 2.30. The van der Waals surface area contributed by atoms with Gasteiger partial charge in [-0.05, 0) is 32.3 Å². The van der Waals surface area contributed by atoms with Crippen molar-refractivity contribution in [2.75, 3.05) is 7.05 Å². The number of nitrogens with zero attached hydrogens (tertiary/aromatic N) is 4. The fourth-order valence-corrected chi connectivity index (χ4v) is 3.30. The highest BCUT2D eigenvalue weighted by molar-refractivity contribution is 7.17. The third-order valence-corrected chi connectivity index (χ3v) is 4.68. The molecule has 1 amide bonds. The molecule has 0 fully saturated rings. The van der Waals surface area contributed by atoms with Gasteiger partial charge in [0.2, 0.25) is 0 Å². The monoisotopic (exact) mass is 318 g/mol. The van der Waals surface area contributed by atoms with E-state index in [1.54, 1.807) is 23.4 Å². The van der Waals surface area contributed by atoms with Crippen LogP contribution >= 0.6 is 11.3 Å². The first-order valence-electron chi connectivity index (χ1n) is 7.42. The van der Waals surface area contributed by atoms with Gasteiger partial charge in [0, 0.05) is 25.5 Å². The lowest BCUT2D eigenvalue weighted by molar-refractivity contribution is 0.0732. The van der Waals surface area contributed by atoms with Crippen molar-refractivity contribution in [2.45, 2.75) is 40.2 Å². The quantitative estimate of drug-likeness (QED) is 0.847. The fraction of sp³-hybridized carbons (Fsp3) is 0.500. The summed E-state index contributed by atoms with van der Waals surface area (Å²) in [4.78, 5) is 28.0. The summed E-state index contributed by atoms with van der Waals surface area (Å²) in [5.74, 6) is 1.14. The summed E-state index contributed by atoms with van der Waals surface area (Å²) in [5, 5.41) is 0.686. The summed E-state index contributed by atoms with van der Waals surface area (Å²) in [6.45, 7) is 8.27. The van der Waals surface area contributed by atoms with Crippen LogP contribution in [0.3, 0.4) is 0 Å². The van der Waals surface area contributed by atoms with Crippen LogP contribution in [0.4, 0.5) is 0 Å². The Bertz CT molecular complexity index is 639. The number of hydrogen-bond donors (Lipinski definition) is 0. The molecule has 0 saturated heterocycles. The van der Waals surface area contributed by atoms with Crippen LogP contribution in [0.25, 0.3) is 10.8 Å². The molecule has 1 atom stereocenters. The van der Waals surface area contributed by atoms with E-state index in [0.717, 1.165) is 12.1 Å². The molecule has 2 aromatic rings. The maximum atomic E-state index is 12.7. The van der Waals surface area contributed by atoms with Crippen molar-refractivity contribution in [1.29, 1.82) is 0 Å². The molecule has 0 aliphatic heterocycles. The number of hydrogen-bond acceptors (Lipinski definition) is 5. The van der Waals surface area contributed by atoms with E-state index in [-0.39, 0.29) is 11.9 Å². The predicted octanol–water partition coefficient (Wildman–Crippen LogP) is 3.42. The van der Waals surface area contributed by atoms with E-state index in [2.05, 4.69) is 35.7 Å². The normalized spacial score (nSPS) is 12.5. The molecule has 6 heteroatoms. The summed E-state index contributed by atoms with van der Waals surface area (Å²) < 4.78 is 0. The molecule has 0 bridgehead atoms. The Balaban J connectivity index is 2.22. The molecule has 0 spiro atoms. The van der Waals surface area contributed by atoms with Gasteiger partial charge in [0.05, 0.1) is 5.69 Å². The van der Waals surface area contributed by atoms with E-state index in [1.807, 2.05) is 14.0 Å². The Labute approximate surface area is 135 Å². The second-order valence-corrected chi connectivity index (χ2v) is 6.90. The van der Waals surface area contributed by atoms with Gasteiger partial charge in [-0.25, -0.2) is 15.0 Å². The average Bonchev–Trinajstić information content (AvgIpc) is 2.88. The van der Waals surface area contributed by atoms with Crippen molar-refractivity contribution >= 4 is 17.2 Å². The van der Waals surface area contributed by atoms with E-state index >= 15 is 0 Å². The molecule has 0 aliphatic carbocycles. The summed E-state index contributed by atoms with van der Waals surface area (Å²) in [5.41, 5.74) is 0.737. The van der Waals surface area contributed by atoms with Crippen LogP contribution in [-0.2, 0) is 0 Å². The molecular formula is C16H22N4OS. The van der Waals surface area contributed by atoms with E-state index < -0.39 is 0 Å². The molecule has 2 aromatic heterocycles. The molecular weight excluding hydrogens is 296 g/mol. The maximum Gasteiger partial charge on any atom is 0.265 e. The number of rotatable bonds is 5. The maximum absolute atomic E-state index is 12.7. The smallest absolute Gasteiger partial charge is 0.265 e. The average molecular weight is 318 g/mol. The number of carbonyl (C=O) groups excluding carboxylic acids is 1. The van der Waals surface area contributed by atoms with Crippen LogP contribution in [0.2, 0.25) is 0 Å². The molecule has 2 rings (SSSR count). The van der Waals surface area contributed by atoms with Crippen LogP contribution in [0.5, 0.6) is 0 Å². The standard InChI is InChI=1S/C16H22N4OS/c1-10(2)9-11(3)20(5)16(21)13-12(4)19-15(22-13)14-17-7-6-8-18-14/h6-8,10-11H,9H2,1-5H3. The van der Waals surface area contributed by atoms with E-state index in [0.29, 0.717) is 21.6 Å². The lowest BCUT2D eigenvalue weighted by Gasteiger charge is -2.26. The third-order valence-electron chi connectivity index (χ3n) is 3.54. The Morgan fingerprint density at radius 3 is 2.50 bits per heavy atom. The molecule has 0 saturated carbocycles. The van der Waals surface area contributed by atoms with Crippen molar-refractivity contribution in [3.8, 4) is 10.8 Å². The minimum absolute atomic E-state index is 0.0188. The first-order chi connectivity index (χ1) is 10.4. The van der Waals surface area contributed by atoms with Crippen LogP contribution in [0, 0.1) is 12.8 Å². The van der Waals surface area contributed by atoms with Gasteiger partial charge in [0.15, 0.2) is 10.8 Å². The number of amides is 1. The van der Waals surface area contributed by atoms with Crippen molar-refractivity contribution in [3.05, 3.63) is 29.0 Å². The van der Waals surface area contributed by atoms with Crippen LogP contribution in [0.1, 0.15) is 42.6 Å². The van der Waals surface area contributed by atoms with Crippen molar-refractivity contribution < 1.29 is 4.79 Å². The Kier molecular flexibility index (Phi) is 5.24. The first-order valence-corrected chi connectivity index (χ1v) is 8.23. The lowest BCUT2D eigenvalue weighted by Crippen LogP contribution is -2.35. The van der Waals surface area contributed by atoms with Gasteiger partial charge < -0.3 is 4.90 Å². The lowest BCUT2D eigenvalue weighted by atomic mass is 10.0. The van der Waals surface area contributed by atoms with Gasteiger partial charge in [-0.1, -0.05) is 13.8 Å². The molecule has 5 nitrogen and oxygen atoms in total. The molecule has 0 radical (unpaired) electrons. The molecule has 2 heterocycles. The molecule has 22 heavy (non-hydrogen) atoms. The third kappa shape index (κ3) is 3.68. The Morgan fingerprint density at radius 1 is 1.27 bits per heavy atom. The topological polar surface area (TPSA) is 59.0 Å². The molecule has 118 valence electrons. The van der Waals surface area contributed by atoms with Crippen molar-refractivity contribution in [3.63, 3.8) is 0 Å². The Hall–Kier alpha value is -1.82. The SMILES string of the molecule is Cc1nc(-c2ncccn2)sc1C(=O)N(C)C(C)CC(C)C. The number of carbonyl (C=O) groups is 1. The number of aromatic nitrogens is 3. The van der Waals surface area contributed by atoms with Gasteiger partial charge in [0.25, 0.3) is 5.91 Å². The minimum Gasteiger partial charge on any atom is -0.338 e. The molecule has 0 aliphatic rings. The first kappa shape index (κ1) is 16.5. The highest BCUT2D eigenvalue weighted by atomic mass is 32.1. The van der Waals surface area contributed by atoms with E-state index in [9.17, 15) is 4.79 Å². The van der Waals surface area contributed by atoms with E-state index in [1.165, 1.54) is 11.3 Å². The second kappa shape index (κ2) is 6.96. The molecule has 0 aromatic carbocycles. The zero-order valence-corrected chi connectivity index (χ0v) is 14.5. The predicted molar refractivity (Wildman–Crippen MR) is 88.9 cm³/mol. The zero-order valence-electron chi connectivity index (χ0n) is 13.7. The zero-order chi connectivity index (χ0) is 16.3.